The summed E-state index contributed by atoms with van der Waals surface area (Å²) in [6, 6.07) is 23.5. The van der Waals surface area contributed by atoms with Crippen LogP contribution in [0.25, 0.3) is 0 Å². The van der Waals surface area contributed by atoms with E-state index in [1.165, 1.54) is 0 Å². The summed E-state index contributed by atoms with van der Waals surface area (Å²) in [7, 11) is 0. The Bertz CT molecular complexity index is 1390. The van der Waals surface area contributed by atoms with E-state index >= 15 is 0 Å². The van der Waals surface area contributed by atoms with Crippen LogP contribution in [0.5, 0.6) is 5.75 Å². The normalized spacial score (nSPS) is 20.9. The highest BCUT2D eigenvalue weighted by Gasteiger charge is 2.44. The van der Waals surface area contributed by atoms with Crippen molar-refractivity contribution in [2.24, 2.45) is 5.92 Å². The Labute approximate surface area is 263 Å². The zero-order chi connectivity index (χ0) is 31.6. The molecule has 0 bridgehead atoms. The number of hydrogen-bond acceptors (Lipinski definition) is 8. The van der Waals surface area contributed by atoms with Crippen LogP contribution in [0.15, 0.2) is 78.9 Å². The Balaban J connectivity index is 1.27. The summed E-state index contributed by atoms with van der Waals surface area (Å²) in [6.45, 7) is 2.23. The second-order valence-corrected chi connectivity index (χ2v) is 11.7. The minimum Gasteiger partial charge on any atom is -0.483 e. The molecule has 2 heterocycles. The molecule has 3 aromatic carbocycles. The zero-order valence-corrected chi connectivity index (χ0v) is 25.5. The highest BCUT2D eigenvalue weighted by Crippen LogP contribution is 2.33. The molecule has 5 rings (SSSR count). The summed E-state index contributed by atoms with van der Waals surface area (Å²) in [5.74, 6) is 0.106. The fourth-order valence-corrected chi connectivity index (χ4v) is 6.02. The highest BCUT2D eigenvalue weighted by molar-refractivity contribution is 5.78. The molecule has 0 spiro atoms. The topological polar surface area (TPSA) is 136 Å². The number of alkyl carbamates (subject to hydrolysis) is 1. The summed E-state index contributed by atoms with van der Waals surface area (Å²) in [6.07, 6.45) is -0.679. The first kappa shape index (κ1) is 32.4. The molecule has 2 aliphatic rings. The molecular formula is C35H42N2O8. The maximum Gasteiger partial charge on any atom is 0.407 e. The summed E-state index contributed by atoms with van der Waals surface area (Å²) >= 11 is 0. The standard InChI is InChI=1S/C35H42N2O8/c1-23-9-8-14-26(20-38)33(23)43-22-32(40)36-27(17-24-10-4-2-5-11-24)19-30(39)29(18-25-12-6-3-7-13-25)37-35(41)45-31-21-44-34-28(31)15-16-42-34/h2-14,27-31,34,38-39H,15-22H2,1H3,(H,36,40)(H,37,41)/t27-,28?,29-,30-,31-,34?/m0/s1. The molecule has 0 aromatic heterocycles. The number of hydrogen-bond donors (Lipinski definition) is 4. The third-order valence-electron chi connectivity index (χ3n) is 8.34. The number of ether oxygens (including phenoxy) is 4. The lowest BCUT2D eigenvalue weighted by atomic mass is 9.93. The SMILES string of the molecule is Cc1cccc(CO)c1OCC(=O)N[C@@H](Cc1ccccc1)C[C@H](O)[C@H](Cc1ccccc1)NC(=O)O[C@H]1COC2OCCC21. The number of carbonyl (C=O) groups is 2. The number of aliphatic hydroxyl groups excluding tert-OH is 2. The van der Waals surface area contributed by atoms with Gasteiger partial charge in [-0.3, -0.25) is 4.79 Å². The third kappa shape index (κ3) is 9.04. The van der Waals surface area contributed by atoms with Crippen LogP contribution in [0.4, 0.5) is 4.79 Å². The molecule has 2 fully saturated rings. The number of fused-ring (bicyclic) bond motifs is 1. The van der Waals surface area contributed by atoms with Crippen LogP contribution in [0.1, 0.15) is 35.1 Å². The first-order chi connectivity index (χ1) is 21.9. The minimum atomic E-state index is -1.02. The lowest BCUT2D eigenvalue weighted by Gasteiger charge is -2.29. The average Bonchev–Trinajstić information content (AvgIpc) is 3.66. The molecule has 2 unspecified atom stereocenters. The van der Waals surface area contributed by atoms with Gasteiger partial charge in [0, 0.05) is 11.6 Å². The van der Waals surface area contributed by atoms with Gasteiger partial charge >= 0.3 is 6.09 Å². The van der Waals surface area contributed by atoms with Crippen molar-refractivity contribution in [2.75, 3.05) is 19.8 Å². The van der Waals surface area contributed by atoms with E-state index in [9.17, 15) is 19.8 Å². The van der Waals surface area contributed by atoms with Crippen molar-refractivity contribution in [3.8, 4) is 5.75 Å². The molecule has 0 radical (unpaired) electrons. The lowest BCUT2D eigenvalue weighted by molar-refractivity contribution is -0.124. The van der Waals surface area contributed by atoms with Crippen molar-refractivity contribution in [2.45, 2.75) is 69.8 Å². The van der Waals surface area contributed by atoms with Gasteiger partial charge in [-0.25, -0.2) is 4.79 Å². The predicted molar refractivity (Wildman–Crippen MR) is 166 cm³/mol. The molecule has 240 valence electrons. The number of aryl methyl sites for hydroxylation is 1. The predicted octanol–water partition coefficient (Wildman–Crippen LogP) is 3.44. The van der Waals surface area contributed by atoms with Crippen LogP contribution < -0.4 is 15.4 Å². The number of rotatable bonds is 14. The molecule has 2 amide bonds. The first-order valence-corrected chi connectivity index (χ1v) is 15.5. The molecular weight excluding hydrogens is 576 g/mol. The van der Waals surface area contributed by atoms with Gasteiger partial charge in [0.1, 0.15) is 11.9 Å². The van der Waals surface area contributed by atoms with Crippen LogP contribution in [-0.4, -0.2) is 72.6 Å². The van der Waals surface area contributed by atoms with Gasteiger partial charge in [-0.15, -0.1) is 0 Å². The van der Waals surface area contributed by atoms with Crippen LogP contribution in [0.2, 0.25) is 0 Å². The Morgan fingerprint density at radius 1 is 0.933 bits per heavy atom. The lowest BCUT2D eigenvalue weighted by Crippen LogP contribution is -2.50. The number of para-hydroxylation sites is 1. The molecule has 10 nitrogen and oxygen atoms in total. The van der Waals surface area contributed by atoms with E-state index in [1.54, 1.807) is 6.07 Å². The number of carbonyl (C=O) groups excluding carboxylic acids is 2. The minimum absolute atomic E-state index is 0.00550. The van der Waals surface area contributed by atoms with Crippen LogP contribution >= 0.6 is 0 Å². The van der Waals surface area contributed by atoms with Gasteiger partial charge in [-0.2, -0.15) is 0 Å². The van der Waals surface area contributed by atoms with Gasteiger partial charge in [-0.05, 0) is 49.3 Å². The largest absolute Gasteiger partial charge is 0.483 e. The van der Waals surface area contributed by atoms with Crippen molar-refractivity contribution >= 4 is 12.0 Å². The van der Waals surface area contributed by atoms with Crippen molar-refractivity contribution in [1.82, 2.24) is 10.6 Å². The molecule has 2 aliphatic heterocycles. The fourth-order valence-electron chi connectivity index (χ4n) is 6.02. The molecule has 0 aliphatic carbocycles. The smallest absolute Gasteiger partial charge is 0.407 e. The Morgan fingerprint density at radius 3 is 2.36 bits per heavy atom. The number of benzene rings is 3. The van der Waals surface area contributed by atoms with E-state index < -0.39 is 30.4 Å². The Hall–Kier alpha value is -3.96. The second-order valence-electron chi connectivity index (χ2n) is 11.7. The Kier molecular flexibility index (Phi) is 11.4. The number of amides is 2. The summed E-state index contributed by atoms with van der Waals surface area (Å²) < 4.78 is 22.7. The summed E-state index contributed by atoms with van der Waals surface area (Å²) in [5.41, 5.74) is 3.33. The van der Waals surface area contributed by atoms with Crippen molar-refractivity contribution in [3.63, 3.8) is 0 Å². The molecule has 10 heteroatoms. The molecule has 0 saturated carbocycles. The van der Waals surface area contributed by atoms with Crippen LogP contribution in [0.3, 0.4) is 0 Å². The van der Waals surface area contributed by atoms with Crippen molar-refractivity contribution in [3.05, 3.63) is 101 Å². The first-order valence-electron chi connectivity index (χ1n) is 15.5. The quantitative estimate of drug-likeness (QED) is 0.216. The summed E-state index contributed by atoms with van der Waals surface area (Å²) in [5, 5.41) is 27.2. The van der Waals surface area contributed by atoms with E-state index in [4.69, 9.17) is 18.9 Å². The fraction of sp³-hybridized carbons (Fsp3) is 0.429. The Morgan fingerprint density at radius 2 is 1.64 bits per heavy atom. The van der Waals surface area contributed by atoms with E-state index in [-0.39, 0.29) is 44.4 Å². The third-order valence-corrected chi connectivity index (χ3v) is 8.34. The van der Waals surface area contributed by atoms with Gasteiger partial charge in [0.2, 0.25) is 0 Å². The molecule has 4 N–H and O–H groups in total. The second kappa shape index (κ2) is 15.9. The zero-order valence-electron chi connectivity index (χ0n) is 25.5. The molecule has 2 saturated heterocycles. The van der Waals surface area contributed by atoms with Gasteiger partial charge < -0.3 is 39.8 Å². The number of nitrogens with one attached hydrogen (secondary N) is 2. The van der Waals surface area contributed by atoms with Gasteiger partial charge in [0.25, 0.3) is 5.91 Å². The maximum absolute atomic E-state index is 13.1. The number of aliphatic hydroxyl groups is 2. The van der Waals surface area contributed by atoms with Crippen molar-refractivity contribution < 1.29 is 38.7 Å². The van der Waals surface area contributed by atoms with E-state index in [0.29, 0.717) is 30.8 Å². The van der Waals surface area contributed by atoms with E-state index in [0.717, 1.165) is 23.1 Å². The van der Waals surface area contributed by atoms with Gasteiger partial charge in [0.05, 0.1) is 37.9 Å². The molecule has 6 atom stereocenters. The van der Waals surface area contributed by atoms with Gasteiger partial charge in [-0.1, -0.05) is 78.9 Å². The molecule has 45 heavy (non-hydrogen) atoms. The monoisotopic (exact) mass is 618 g/mol. The highest BCUT2D eigenvalue weighted by atomic mass is 16.7. The average molecular weight is 619 g/mol. The van der Waals surface area contributed by atoms with E-state index in [1.807, 2.05) is 79.7 Å². The molecule has 3 aromatic rings. The van der Waals surface area contributed by atoms with Crippen molar-refractivity contribution in [1.29, 1.82) is 0 Å². The van der Waals surface area contributed by atoms with Crippen LogP contribution in [0, 0.1) is 12.8 Å². The van der Waals surface area contributed by atoms with E-state index in [2.05, 4.69) is 10.6 Å². The van der Waals surface area contributed by atoms with Crippen LogP contribution in [-0.2, 0) is 38.5 Å². The summed E-state index contributed by atoms with van der Waals surface area (Å²) in [4.78, 5) is 26.2. The van der Waals surface area contributed by atoms with Gasteiger partial charge in [0.15, 0.2) is 12.9 Å². The maximum atomic E-state index is 13.1.